The quantitative estimate of drug-likeness (QED) is 0.727. The van der Waals surface area contributed by atoms with Gasteiger partial charge in [0.25, 0.3) is 5.91 Å². The molecule has 0 saturated heterocycles. The third-order valence-corrected chi connectivity index (χ3v) is 2.64. The van der Waals surface area contributed by atoms with Crippen molar-refractivity contribution in [1.82, 2.24) is 5.32 Å². The summed E-state index contributed by atoms with van der Waals surface area (Å²) in [5, 5.41) is 21.7. The van der Waals surface area contributed by atoms with Crippen molar-refractivity contribution in [2.75, 3.05) is 6.54 Å². The maximum Gasteiger partial charge on any atom is 0.255 e. The largest absolute Gasteiger partial charge is 0.507 e. The lowest BCUT2D eigenvalue weighted by atomic mass is 10.0. The van der Waals surface area contributed by atoms with Crippen molar-refractivity contribution in [3.8, 4) is 5.75 Å². The van der Waals surface area contributed by atoms with Crippen molar-refractivity contribution in [3.05, 3.63) is 29.8 Å². The summed E-state index contributed by atoms with van der Waals surface area (Å²) in [6, 6.07) is 6.38. The molecule has 1 atom stereocenters. The smallest absolute Gasteiger partial charge is 0.255 e. The Kier molecular flexibility index (Phi) is 4.97. The van der Waals surface area contributed by atoms with Gasteiger partial charge in [-0.05, 0) is 24.5 Å². The minimum Gasteiger partial charge on any atom is -0.507 e. The molecule has 1 aromatic carbocycles. The van der Waals surface area contributed by atoms with E-state index in [-0.39, 0.29) is 23.1 Å². The third kappa shape index (κ3) is 4.07. The molecule has 3 N–H and O–H groups in total. The van der Waals surface area contributed by atoms with Crippen LogP contribution in [0, 0.1) is 5.92 Å². The second-order valence-corrected chi connectivity index (χ2v) is 4.37. The Morgan fingerprint density at radius 3 is 2.59 bits per heavy atom. The number of benzene rings is 1. The number of phenolic OH excluding ortho intramolecular Hbond substituents is 1. The molecule has 0 saturated carbocycles. The van der Waals surface area contributed by atoms with Gasteiger partial charge in [0.05, 0.1) is 11.7 Å². The van der Waals surface area contributed by atoms with Crippen LogP contribution in [0.2, 0.25) is 0 Å². The lowest BCUT2D eigenvalue weighted by Gasteiger charge is -2.14. The fourth-order valence-electron chi connectivity index (χ4n) is 1.43. The van der Waals surface area contributed by atoms with Crippen LogP contribution in [0.1, 0.15) is 30.6 Å². The standard InChI is InChI=1S/C13H19NO3/c1-9(2)11(15)7-8-14-13(17)10-5-3-4-6-12(10)16/h3-6,9,11,15-16H,7-8H2,1-2H3,(H,14,17). The van der Waals surface area contributed by atoms with Crippen LogP contribution >= 0.6 is 0 Å². The Hall–Kier alpha value is -1.55. The third-order valence-electron chi connectivity index (χ3n) is 2.64. The molecule has 0 bridgehead atoms. The monoisotopic (exact) mass is 237 g/mol. The van der Waals surface area contributed by atoms with E-state index in [1.165, 1.54) is 6.07 Å². The van der Waals surface area contributed by atoms with E-state index in [0.717, 1.165) is 0 Å². The first-order chi connectivity index (χ1) is 8.02. The maximum absolute atomic E-state index is 11.7. The van der Waals surface area contributed by atoms with Gasteiger partial charge in [-0.15, -0.1) is 0 Å². The molecule has 0 aliphatic carbocycles. The van der Waals surface area contributed by atoms with Gasteiger partial charge in [0.15, 0.2) is 0 Å². The number of carbonyl (C=O) groups is 1. The first-order valence-corrected chi connectivity index (χ1v) is 5.76. The summed E-state index contributed by atoms with van der Waals surface area (Å²) in [5.41, 5.74) is 0.256. The van der Waals surface area contributed by atoms with Gasteiger partial charge >= 0.3 is 0 Å². The molecule has 0 heterocycles. The summed E-state index contributed by atoms with van der Waals surface area (Å²) in [5.74, 6) is -0.175. The fraction of sp³-hybridized carbons (Fsp3) is 0.462. The maximum atomic E-state index is 11.7. The van der Waals surface area contributed by atoms with Gasteiger partial charge in [-0.2, -0.15) is 0 Å². The molecule has 0 aliphatic rings. The molecule has 1 aromatic rings. The highest BCUT2D eigenvalue weighted by molar-refractivity contribution is 5.96. The predicted molar refractivity (Wildman–Crippen MR) is 65.9 cm³/mol. The molecule has 4 heteroatoms. The molecule has 1 amide bonds. The zero-order valence-corrected chi connectivity index (χ0v) is 10.2. The topological polar surface area (TPSA) is 69.6 Å². The fourth-order valence-corrected chi connectivity index (χ4v) is 1.43. The van der Waals surface area contributed by atoms with Crippen LogP contribution in [0.25, 0.3) is 0 Å². The highest BCUT2D eigenvalue weighted by Gasteiger charge is 2.12. The van der Waals surface area contributed by atoms with Gasteiger partial charge in [0, 0.05) is 6.54 Å². The molecular formula is C13H19NO3. The predicted octanol–water partition coefficient (Wildman–Crippen LogP) is 1.53. The van der Waals surface area contributed by atoms with E-state index < -0.39 is 6.10 Å². The van der Waals surface area contributed by atoms with E-state index in [1.807, 2.05) is 13.8 Å². The Morgan fingerprint density at radius 2 is 2.00 bits per heavy atom. The van der Waals surface area contributed by atoms with Crippen LogP contribution in [-0.4, -0.2) is 28.8 Å². The van der Waals surface area contributed by atoms with E-state index in [4.69, 9.17) is 0 Å². The number of rotatable bonds is 5. The minimum absolute atomic E-state index is 0.0330. The van der Waals surface area contributed by atoms with Crippen molar-refractivity contribution in [2.45, 2.75) is 26.4 Å². The van der Waals surface area contributed by atoms with Gasteiger partial charge in [-0.3, -0.25) is 4.79 Å². The van der Waals surface area contributed by atoms with E-state index in [1.54, 1.807) is 18.2 Å². The first-order valence-electron chi connectivity index (χ1n) is 5.76. The second kappa shape index (κ2) is 6.25. The number of hydrogen-bond donors (Lipinski definition) is 3. The van der Waals surface area contributed by atoms with Crippen molar-refractivity contribution in [2.24, 2.45) is 5.92 Å². The van der Waals surface area contributed by atoms with E-state index in [0.29, 0.717) is 13.0 Å². The first kappa shape index (κ1) is 13.5. The van der Waals surface area contributed by atoms with Gasteiger partial charge in [0.2, 0.25) is 0 Å². The lowest BCUT2D eigenvalue weighted by Crippen LogP contribution is -2.28. The molecule has 94 valence electrons. The Bertz CT molecular complexity index is 377. The van der Waals surface area contributed by atoms with Gasteiger partial charge in [-0.1, -0.05) is 26.0 Å². The normalized spacial score (nSPS) is 12.5. The Labute approximate surface area is 101 Å². The summed E-state index contributed by atoms with van der Waals surface area (Å²) in [7, 11) is 0. The molecule has 4 nitrogen and oxygen atoms in total. The van der Waals surface area contributed by atoms with Gasteiger partial charge in [0.1, 0.15) is 5.75 Å². The molecule has 0 radical (unpaired) electrons. The summed E-state index contributed by atoms with van der Waals surface area (Å²) in [6.07, 6.45) is 0.0939. The number of phenols is 1. The molecule has 0 aromatic heterocycles. The second-order valence-electron chi connectivity index (χ2n) is 4.37. The zero-order valence-electron chi connectivity index (χ0n) is 10.2. The van der Waals surface area contributed by atoms with E-state index >= 15 is 0 Å². The summed E-state index contributed by atoms with van der Waals surface area (Å²) in [4.78, 5) is 11.7. The minimum atomic E-state index is -0.417. The van der Waals surface area contributed by atoms with Crippen LogP contribution in [-0.2, 0) is 0 Å². The van der Waals surface area contributed by atoms with Crippen LogP contribution in [0.15, 0.2) is 24.3 Å². The van der Waals surface area contributed by atoms with Crippen molar-refractivity contribution in [1.29, 1.82) is 0 Å². The molecular weight excluding hydrogens is 218 g/mol. The van der Waals surface area contributed by atoms with E-state index in [9.17, 15) is 15.0 Å². The number of para-hydroxylation sites is 1. The number of nitrogens with one attached hydrogen (secondary N) is 1. The number of carbonyl (C=O) groups excluding carboxylic acids is 1. The molecule has 0 aliphatic heterocycles. The Balaban J connectivity index is 2.43. The molecule has 0 fully saturated rings. The van der Waals surface area contributed by atoms with Crippen LogP contribution < -0.4 is 5.32 Å². The van der Waals surface area contributed by atoms with Crippen molar-refractivity contribution < 1.29 is 15.0 Å². The number of amides is 1. The molecule has 1 unspecified atom stereocenters. The average molecular weight is 237 g/mol. The number of aromatic hydroxyl groups is 1. The SMILES string of the molecule is CC(C)C(O)CCNC(=O)c1ccccc1O. The van der Waals surface area contributed by atoms with Gasteiger partial charge in [-0.25, -0.2) is 0 Å². The highest BCUT2D eigenvalue weighted by atomic mass is 16.3. The van der Waals surface area contributed by atoms with Crippen molar-refractivity contribution >= 4 is 5.91 Å². The van der Waals surface area contributed by atoms with Crippen LogP contribution in [0.4, 0.5) is 0 Å². The van der Waals surface area contributed by atoms with Crippen LogP contribution in [0.5, 0.6) is 5.75 Å². The number of aliphatic hydroxyl groups is 1. The zero-order chi connectivity index (χ0) is 12.8. The van der Waals surface area contributed by atoms with Gasteiger partial charge < -0.3 is 15.5 Å². The average Bonchev–Trinajstić information content (AvgIpc) is 2.29. The summed E-state index contributed by atoms with van der Waals surface area (Å²) >= 11 is 0. The number of hydrogen-bond acceptors (Lipinski definition) is 3. The van der Waals surface area contributed by atoms with E-state index in [2.05, 4.69) is 5.32 Å². The Morgan fingerprint density at radius 1 is 1.35 bits per heavy atom. The summed E-state index contributed by atoms with van der Waals surface area (Å²) in [6.45, 7) is 4.25. The molecule has 0 spiro atoms. The number of aliphatic hydroxyl groups excluding tert-OH is 1. The molecule has 17 heavy (non-hydrogen) atoms. The van der Waals surface area contributed by atoms with Crippen molar-refractivity contribution in [3.63, 3.8) is 0 Å². The highest BCUT2D eigenvalue weighted by Crippen LogP contribution is 2.15. The lowest BCUT2D eigenvalue weighted by molar-refractivity contribution is 0.0918. The van der Waals surface area contributed by atoms with Crippen LogP contribution in [0.3, 0.4) is 0 Å². The molecule has 1 rings (SSSR count). The summed E-state index contributed by atoms with van der Waals surface area (Å²) < 4.78 is 0.